The summed E-state index contributed by atoms with van der Waals surface area (Å²) in [5, 5.41) is -0.296. The quantitative estimate of drug-likeness (QED) is 0.695. The summed E-state index contributed by atoms with van der Waals surface area (Å²) in [5.74, 6) is 0.0190. The number of hydrogen-bond acceptors (Lipinski definition) is 4. The second kappa shape index (κ2) is 3.21. The van der Waals surface area contributed by atoms with Gasteiger partial charge in [0.15, 0.2) is 9.84 Å². The molecule has 0 aliphatic carbocycles. The molecule has 5 nitrogen and oxygen atoms in total. The van der Waals surface area contributed by atoms with Crippen LogP contribution in [0.1, 0.15) is 13.8 Å². The van der Waals surface area contributed by atoms with Crippen LogP contribution in [0.3, 0.4) is 0 Å². The molecular weight excluding hydrogens is 212 g/mol. The maximum Gasteiger partial charge on any atom is 0.153 e. The molecule has 1 heterocycles. The monoisotopic (exact) mass is 226 g/mol. The fraction of sp³-hybridized carbons (Fsp3) is 1.00. The van der Waals surface area contributed by atoms with Crippen LogP contribution in [0.15, 0.2) is 0 Å². The Kier molecular flexibility index (Phi) is 2.70. The molecule has 1 rings (SSSR count). The van der Waals surface area contributed by atoms with Gasteiger partial charge in [-0.3, -0.25) is 0 Å². The topological polar surface area (TPSA) is 87.1 Å². The molecule has 1 aliphatic rings. The van der Waals surface area contributed by atoms with Gasteiger partial charge in [0.2, 0.25) is 0 Å². The van der Waals surface area contributed by atoms with Gasteiger partial charge < -0.3 is 0 Å². The lowest BCUT2D eigenvalue weighted by molar-refractivity contribution is 0.550. The molecule has 1 fully saturated rings. The molecule has 78 valence electrons. The third kappa shape index (κ3) is 2.65. The lowest BCUT2D eigenvalue weighted by Gasteiger charge is -2.28. The summed E-state index contributed by atoms with van der Waals surface area (Å²) in [6, 6.07) is -0.294. The van der Waals surface area contributed by atoms with Crippen molar-refractivity contribution in [2.45, 2.75) is 25.1 Å². The number of hydrogen-bond donors (Lipinski definition) is 2. The lowest BCUT2D eigenvalue weighted by Crippen LogP contribution is -2.53. The summed E-state index contributed by atoms with van der Waals surface area (Å²) in [5.41, 5.74) is 0. The smallest absolute Gasteiger partial charge is 0.153 e. The zero-order chi connectivity index (χ0) is 10.3. The van der Waals surface area contributed by atoms with Crippen LogP contribution in [0.5, 0.6) is 0 Å². The largest absolute Gasteiger partial charge is 0.240 e. The fourth-order valence-corrected chi connectivity index (χ4v) is 3.46. The van der Waals surface area contributed by atoms with Crippen molar-refractivity contribution in [1.29, 1.82) is 4.78 Å². The summed E-state index contributed by atoms with van der Waals surface area (Å²) in [7, 11) is -5.72. The first-order valence-corrected chi connectivity index (χ1v) is 7.42. The van der Waals surface area contributed by atoms with E-state index in [1.165, 1.54) is 0 Å². The number of rotatable bonds is 3. The Morgan fingerprint density at radius 1 is 1.46 bits per heavy atom. The highest BCUT2D eigenvalue weighted by molar-refractivity contribution is 7.93. The molecule has 0 aromatic rings. The van der Waals surface area contributed by atoms with Crippen molar-refractivity contribution >= 4 is 19.8 Å². The molecule has 1 unspecified atom stereocenters. The van der Waals surface area contributed by atoms with E-state index in [0.29, 0.717) is 0 Å². The van der Waals surface area contributed by atoms with E-state index in [0.717, 1.165) is 0 Å². The van der Waals surface area contributed by atoms with Crippen LogP contribution in [0, 0.1) is 4.78 Å². The van der Waals surface area contributed by atoms with Crippen LogP contribution in [0.2, 0.25) is 0 Å². The van der Waals surface area contributed by atoms with Crippen LogP contribution in [-0.2, 0) is 19.8 Å². The summed E-state index contributed by atoms with van der Waals surface area (Å²) in [6.45, 7) is 3.35. The molecule has 0 spiro atoms. The van der Waals surface area contributed by atoms with E-state index in [2.05, 4.69) is 4.72 Å². The Balaban J connectivity index is 2.54. The van der Waals surface area contributed by atoms with Gasteiger partial charge in [-0.25, -0.2) is 22.1 Å². The predicted octanol–water partition coefficient (Wildman–Crippen LogP) is -0.257. The lowest BCUT2D eigenvalue weighted by atomic mass is 10.4. The molecule has 7 heteroatoms. The molecule has 0 aromatic heterocycles. The van der Waals surface area contributed by atoms with Gasteiger partial charge in [0.1, 0.15) is 9.92 Å². The summed E-state index contributed by atoms with van der Waals surface area (Å²) in [6.07, 6.45) is 0. The first-order chi connectivity index (χ1) is 5.73. The molecule has 13 heavy (non-hydrogen) atoms. The Bertz CT molecular complexity index is 370. The van der Waals surface area contributed by atoms with Gasteiger partial charge in [-0.05, 0) is 13.8 Å². The van der Waals surface area contributed by atoms with Crippen LogP contribution in [0.25, 0.3) is 0 Å². The Hall–Kier alpha value is -0.140. The molecule has 1 saturated heterocycles. The van der Waals surface area contributed by atoms with Crippen LogP contribution < -0.4 is 4.72 Å². The van der Waals surface area contributed by atoms with Gasteiger partial charge in [0.05, 0.1) is 16.8 Å². The van der Waals surface area contributed by atoms with E-state index in [1.807, 2.05) is 0 Å². The third-order valence-electron chi connectivity index (χ3n) is 1.92. The van der Waals surface area contributed by atoms with E-state index in [4.69, 9.17) is 4.78 Å². The van der Waals surface area contributed by atoms with E-state index >= 15 is 0 Å². The van der Waals surface area contributed by atoms with E-state index < -0.39 is 19.8 Å². The van der Waals surface area contributed by atoms with Gasteiger partial charge in [-0.15, -0.1) is 0 Å². The second-order valence-corrected chi connectivity index (χ2v) is 8.07. The minimum absolute atomic E-state index is 0.00951. The molecule has 1 aliphatic heterocycles. The van der Waals surface area contributed by atoms with Crippen molar-refractivity contribution in [1.82, 2.24) is 4.72 Å². The average molecular weight is 226 g/mol. The normalized spacial score (nSPS) is 26.7. The molecule has 0 radical (unpaired) electrons. The minimum atomic E-state index is -2.90. The van der Waals surface area contributed by atoms with Crippen molar-refractivity contribution in [3.05, 3.63) is 0 Å². The predicted molar refractivity (Wildman–Crippen MR) is 51.6 cm³/mol. The minimum Gasteiger partial charge on any atom is -0.240 e. The van der Waals surface area contributed by atoms with Crippen molar-refractivity contribution in [2.75, 3.05) is 11.5 Å². The summed E-state index contributed by atoms with van der Waals surface area (Å²) >= 11 is 0. The zero-order valence-corrected chi connectivity index (χ0v) is 9.24. The average Bonchev–Trinajstić information content (AvgIpc) is 1.81. The summed E-state index contributed by atoms with van der Waals surface area (Å²) in [4.78, 5) is 0. The molecule has 1 atom stereocenters. The first kappa shape index (κ1) is 10.9. The van der Waals surface area contributed by atoms with Gasteiger partial charge in [-0.2, -0.15) is 0 Å². The molecule has 0 aromatic carbocycles. The standard InChI is InChI=1S/C6H14N2O3S2/c1-5(2)13(7,11)8-6-3-12(9,10)4-6/h5-6H,3-4H2,1-2H3,(H2,7,8,11). The Morgan fingerprint density at radius 3 is 2.23 bits per heavy atom. The molecule has 0 bridgehead atoms. The van der Waals surface area contributed by atoms with E-state index in [1.54, 1.807) is 13.8 Å². The van der Waals surface area contributed by atoms with Crippen LogP contribution in [-0.4, -0.2) is 35.4 Å². The van der Waals surface area contributed by atoms with Gasteiger partial charge in [0, 0.05) is 6.04 Å². The van der Waals surface area contributed by atoms with Gasteiger partial charge >= 0.3 is 0 Å². The van der Waals surface area contributed by atoms with Crippen LogP contribution in [0.4, 0.5) is 0 Å². The Labute approximate surface area is 78.9 Å². The Morgan fingerprint density at radius 2 is 1.92 bits per heavy atom. The summed E-state index contributed by atoms with van der Waals surface area (Å²) < 4.78 is 42.9. The number of sulfone groups is 1. The maximum absolute atomic E-state index is 11.5. The van der Waals surface area contributed by atoms with Crippen molar-refractivity contribution in [2.24, 2.45) is 0 Å². The second-order valence-electron chi connectivity index (χ2n) is 3.54. The molecule has 2 N–H and O–H groups in total. The SMILES string of the molecule is CC(C)S(=N)(=O)NC1CS(=O)(=O)C1. The zero-order valence-electron chi connectivity index (χ0n) is 7.61. The highest BCUT2D eigenvalue weighted by Crippen LogP contribution is 2.12. The molecular formula is C6H14N2O3S2. The van der Waals surface area contributed by atoms with Crippen LogP contribution >= 0.6 is 0 Å². The van der Waals surface area contributed by atoms with E-state index in [-0.39, 0.29) is 22.8 Å². The number of nitrogens with one attached hydrogen (secondary N) is 2. The van der Waals surface area contributed by atoms with Crippen molar-refractivity contribution in [3.63, 3.8) is 0 Å². The van der Waals surface area contributed by atoms with Gasteiger partial charge in [0.25, 0.3) is 0 Å². The molecule has 0 amide bonds. The highest BCUT2D eigenvalue weighted by Gasteiger charge is 2.35. The molecule has 0 saturated carbocycles. The van der Waals surface area contributed by atoms with Crippen molar-refractivity contribution < 1.29 is 12.6 Å². The van der Waals surface area contributed by atoms with Crippen molar-refractivity contribution in [3.8, 4) is 0 Å². The first-order valence-electron chi connectivity index (χ1n) is 3.98. The fourth-order valence-electron chi connectivity index (χ4n) is 1.02. The van der Waals surface area contributed by atoms with E-state index in [9.17, 15) is 12.6 Å². The highest BCUT2D eigenvalue weighted by atomic mass is 32.2. The van der Waals surface area contributed by atoms with Gasteiger partial charge in [-0.1, -0.05) is 0 Å². The third-order valence-corrected chi connectivity index (χ3v) is 5.75. The maximum atomic E-state index is 11.5.